The number of ether oxygens (including phenoxy) is 2. The van der Waals surface area contributed by atoms with Crippen LogP contribution in [0.1, 0.15) is 22.8 Å². The number of carbonyl (C=O) groups excluding carboxylic acids is 1. The molecule has 180 valence electrons. The quantitative estimate of drug-likeness (QED) is 0.222. The summed E-state index contributed by atoms with van der Waals surface area (Å²) >= 11 is 5.93. The van der Waals surface area contributed by atoms with Gasteiger partial charge in [-0.1, -0.05) is 11.6 Å². The molecule has 5 nitrogen and oxygen atoms in total. The molecule has 4 aromatic rings. The Morgan fingerprint density at radius 3 is 2.17 bits per heavy atom. The van der Waals surface area contributed by atoms with E-state index in [1.165, 1.54) is 29.0 Å². The Labute approximate surface area is 201 Å². The Morgan fingerprint density at radius 2 is 1.60 bits per heavy atom. The summed E-state index contributed by atoms with van der Waals surface area (Å²) in [5.41, 5.74) is -1.05. The van der Waals surface area contributed by atoms with Crippen molar-refractivity contribution in [3.63, 3.8) is 0 Å². The van der Waals surface area contributed by atoms with E-state index >= 15 is 0 Å². The molecule has 0 unspecified atom stereocenters. The molecule has 0 amide bonds. The second-order valence-corrected chi connectivity index (χ2v) is 7.77. The molecule has 0 saturated heterocycles. The number of aromatic nitrogens is 1. The lowest BCUT2D eigenvalue weighted by molar-refractivity contribution is -0.137. The number of hydrogen-bond acceptors (Lipinski definition) is 4. The van der Waals surface area contributed by atoms with Gasteiger partial charge in [0.2, 0.25) is 5.43 Å². The molecule has 0 radical (unpaired) electrons. The molecule has 0 N–H and O–H groups in total. The number of halogens is 5. The minimum absolute atomic E-state index is 0.0429. The molecule has 0 fully saturated rings. The standard InChI is InChI=1S/C25H16ClF4NO4/c1-2-34-24(33)19-13-31(22-12-20(26)21(27)11-18(22)23(19)32)15-5-9-17(10-6-15)35-16-7-3-14(4-8-16)25(28,29)30/h3-13H,2H2,1H3. The molecule has 0 spiro atoms. The van der Waals surface area contributed by atoms with Gasteiger partial charge >= 0.3 is 12.1 Å². The molecule has 4 rings (SSSR count). The van der Waals surface area contributed by atoms with Crippen molar-refractivity contribution in [3.8, 4) is 17.2 Å². The van der Waals surface area contributed by atoms with Gasteiger partial charge in [-0.05, 0) is 67.6 Å². The van der Waals surface area contributed by atoms with Crippen LogP contribution in [0, 0.1) is 5.82 Å². The average molecular weight is 506 g/mol. The van der Waals surface area contributed by atoms with Crippen molar-refractivity contribution >= 4 is 28.5 Å². The van der Waals surface area contributed by atoms with Gasteiger partial charge in [0, 0.05) is 17.3 Å². The fourth-order valence-corrected chi connectivity index (χ4v) is 3.57. The Hall–Kier alpha value is -3.85. The third-order valence-corrected chi connectivity index (χ3v) is 5.36. The van der Waals surface area contributed by atoms with Crippen LogP contribution in [0.3, 0.4) is 0 Å². The maximum absolute atomic E-state index is 14.1. The normalized spacial score (nSPS) is 11.5. The van der Waals surface area contributed by atoms with Gasteiger partial charge in [0.1, 0.15) is 22.9 Å². The lowest BCUT2D eigenvalue weighted by Gasteiger charge is -2.15. The third kappa shape index (κ3) is 5.00. The van der Waals surface area contributed by atoms with Crippen LogP contribution in [0.2, 0.25) is 5.02 Å². The molecule has 35 heavy (non-hydrogen) atoms. The molecule has 0 aliphatic rings. The summed E-state index contributed by atoms with van der Waals surface area (Å²) < 4.78 is 64.4. The Balaban J connectivity index is 1.73. The number of nitrogens with zero attached hydrogens (tertiary/aromatic N) is 1. The molecule has 0 saturated carbocycles. The largest absolute Gasteiger partial charge is 0.462 e. The van der Waals surface area contributed by atoms with Gasteiger partial charge in [-0.3, -0.25) is 4.79 Å². The van der Waals surface area contributed by atoms with Gasteiger partial charge in [-0.25, -0.2) is 9.18 Å². The summed E-state index contributed by atoms with van der Waals surface area (Å²) in [6, 6.07) is 12.7. The van der Waals surface area contributed by atoms with Gasteiger partial charge in [0.05, 0.1) is 22.7 Å². The Kier molecular flexibility index (Phi) is 6.53. The zero-order chi connectivity index (χ0) is 25.3. The molecule has 0 aliphatic heterocycles. The van der Waals surface area contributed by atoms with E-state index in [-0.39, 0.29) is 33.8 Å². The highest BCUT2D eigenvalue weighted by Crippen LogP contribution is 2.32. The number of benzene rings is 3. The van der Waals surface area contributed by atoms with E-state index in [0.717, 1.165) is 18.2 Å². The molecule has 0 aliphatic carbocycles. The van der Waals surface area contributed by atoms with Gasteiger partial charge in [0.25, 0.3) is 0 Å². The highest BCUT2D eigenvalue weighted by atomic mass is 35.5. The number of pyridine rings is 1. The number of hydrogen-bond donors (Lipinski definition) is 0. The molecule has 3 aromatic carbocycles. The van der Waals surface area contributed by atoms with E-state index in [1.54, 1.807) is 31.2 Å². The highest BCUT2D eigenvalue weighted by Gasteiger charge is 2.30. The number of esters is 1. The summed E-state index contributed by atoms with van der Waals surface area (Å²) in [6.45, 7) is 1.63. The molecule has 0 bridgehead atoms. The van der Waals surface area contributed by atoms with E-state index in [0.29, 0.717) is 11.4 Å². The molecule has 10 heteroatoms. The van der Waals surface area contributed by atoms with E-state index in [1.807, 2.05) is 0 Å². The summed E-state index contributed by atoms with van der Waals surface area (Å²) in [4.78, 5) is 25.2. The number of rotatable bonds is 5. The fraction of sp³-hybridized carbons (Fsp3) is 0.120. The van der Waals surface area contributed by atoms with Gasteiger partial charge < -0.3 is 14.0 Å². The first-order valence-corrected chi connectivity index (χ1v) is 10.6. The van der Waals surface area contributed by atoms with Crippen molar-refractivity contribution in [3.05, 3.63) is 99.1 Å². The highest BCUT2D eigenvalue weighted by molar-refractivity contribution is 6.31. The fourth-order valence-electron chi connectivity index (χ4n) is 3.41. The van der Waals surface area contributed by atoms with Gasteiger partial charge in [-0.15, -0.1) is 0 Å². The third-order valence-electron chi connectivity index (χ3n) is 5.07. The van der Waals surface area contributed by atoms with E-state index in [9.17, 15) is 27.2 Å². The van der Waals surface area contributed by atoms with Crippen LogP contribution in [0.25, 0.3) is 16.6 Å². The predicted octanol–water partition coefficient (Wildman–Crippen LogP) is 6.77. The lowest BCUT2D eigenvalue weighted by atomic mass is 10.1. The van der Waals surface area contributed by atoms with Crippen molar-refractivity contribution in [2.24, 2.45) is 0 Å². The van der Waals surface area contributed by atoms with Crippen molar-refractivity contribution in [1.82, 2.24) is 4.57 Å². The lowest BCUT2D eigenvalue weighted by Crippen LogP contribution is -2.20. The first kappa shape index (κ1) is 24.3. The molecular weight excluding hydrogens is 490 g/mol. The van der Waals surface area contributed by atoms with E-state index in [4.69, 9.17) is 21.1 Å². The van der Waals surface area contributed by atoms with Gasteiger partial charge in [0.15, 0.2) is 0 Å². The minimum atomic E-state index is -4.45. The number of fused-ring (bicyclic) bond motifs is 1. The topological polar surface area (TPSA) is 57.5 Å². The number of alkyl halides is 3. The van der Waals surface area contributed by atoms with Crippen LogP contribution < -0.4 is 10.2 Å². The maximum Gasteiger partial charge on any atom is 0.416 e. The van der Waals surface area contributed by atoms with Crippen LogP contribution in [0.4, 0.5) is 17.6 Å². The molecular formula is C25H16ClF4NO4. The van der Waals surface area contributed by atoms with Crippen molar-refractivity contribution in [2.75, 3.05) is 6.61 Å². The smallest absolute Gasteiger partial charge is 0.416 e. The van der Waals surface area contributed by atoms with E-state index in [2.05, 4.69) is 0 Å². The van der Waals surface area contributed by atoms with E-state index < -0.39 is 29.0 Å². The van der Waals surface area contributed by atoms with Crippen molar-refractivity contribution in [1.29, 1.82) is 0 Å². The van der Waals surface area contributed by atoms with Crippen molar-refractivity contribution < 1.29 is 31.8 Å². The average Bonchev–Trinajstić information content (AvgIpc) is 2.81. The zero-order valence-corrected chi connectivity index (χ0v) is 18.8. The Morgan fingerprint density at radius 1 is 1.00 bits per heavy atom. The minimum Gasteiger partial charge on any atom is -0.462 e. The summed E-state index contributed by atoms with van der Waals surface area (Å²) in [7, 11) is 0. The zero-order valence-electron chi connectivity index (χ0n) is 18.0. The second-order valence-electron chi connectivity index (χ2n) is 7.36. The SMILES string of the molecule is CCOC(=O)c1cn(-c2ccc(Oc3ccc(C(F)(F)F)cc3)cc2)c2cc(Cl)c(F)cc2c1=O. The van der Waals surface area contributed by atoms with Crippen LogP contribution in [0.15, 0.2) is 71.7 Å². The first-order chi connectivity index (χ1) is 16.6. The summed E-state index contributed by atoms with van der Waals surface area (Å²) in [5, 5.41) is -0.278. The van der Waals surface area contributed by atoms with Crippen LogP contribution in [0.5, 0.6) is 11.5 Å². The monoisotopic (exact) mass is 505 g/mol. The molecule has 1 aromatic heterocycles. The van der Waals surface area contributed by atoms with Gasteiger partial charge in [-0.2, -0.15) is 13.2 Å². The first-order valence-electron chi connectivity index (χ1n) is 10.3. The number of carbonyl (C=O) groups is 1. The van der Waals surface area contributed by atoms with Crippen LogP contribution in [-0.4, -0.2) is 17.1 Å². The second kappa shape index (κ2) is 9.42. The molecule has 1 heterocycles. The molecule has 0 atom stereocenters. The van der Waals surface area contributed by atoms with Crippen LogP contribution in [-0.2, 0) is 10.9 Å². The summed E-state index contributed by atoms with van der Waals surface area (Å²) in [5.74, 6) is -1.14. The van der Waals surface area contributed by atoms with Crippen molar-refractivity contribution in [2.45, 2.75) is 13.1 Å². The Bertz CT molecular complexity index is 1460. The maximum atomic E-state index is 14.1. The predicted molar refractivity (Wildman–Crippen MR) is 122 cm³/mol. The van der Waals surface area contributed by atoms with Crippen LogP contribution >= 0.6 is 11.6 Å². The summed E-state index contributed by atoms with van der Waals surface area (Å²) in [6.07, 6.45) is -3.17.